The number of aromatic nitrogens is 2. The Morgan fingerprint density at radius 1 is 1.04 bits per heavy atom. The van der Waals surface area contributed by atoms with E-state index >= 15 is 0 Å². The van der Waals surface area contributed by atoms with Crippen molar-refractivity contribution < 1.29 is 4.79 Å². The molecule has 3 heterocycles. The van der Waals surface area contributed by atoms with E-state index < -0.39 is 0 Å². The molecule has 0 radical (unpaired) electrons. The van der Waals surface area contributed by atoms with Gasteiger partial charge in [-0.25, -0.2) is 9.99 Å². The highest BCUT2D eigenvalue weighted by molar-refractivity contribution is 6.09. The standard InChI is InChI=1S/C21H21N5O/c27-21-16-10-11-25(14-20-22-17-8-4-5-9-18(17)23-20)13-19(16)24-26(21)12-15-6-2-1-3-7-15/h1-9,16H,10-14H2,(H,22,23). The number of para-hydroxylation sites is 2. The van der Waals surface area contributed by atoms with Crippen LogP contribution in [0.2, 0.25) is 0 Å². The van der Waals surface area contributed by atoms with E-state index in [1.165, 1.54) is 0 Å². The number of piperidine rings is 1. The van der Waals surface area contributed by atoms with Crippen LogP contribution in [0.4, 0.5) is 0 Å². The number of nitrogens with one attached hydrogen (secondary N) is 1. The summed E-state index contributed by atoms with van der Waals surface area (Å²) < 4.78 is 0. The largest absolute Gasteiger partial charge is 0.341 e. The lowest BCUT2D eigenvalue weighted by Gasteiger charge is -2.28. The van der Waals surface area contributed by atoms with Gasteiger partial charge in [0.2, 0.25) is 0 Å². The predicted molar refractivity (Wildman–Crippen MR) is 104 cm³/mol. The number of carbonyl (C=O) groups excluding carboxylic acids is 1. The molecule has 1 fully saturated rings. The minimum atomic E-state index is -0.0550. The summed E-state index contributed by atoms with van der Waals surface area (Å²) in [4.78, 5) is 23.1. The first-order valence-electron chi connectivity index (χ1n) is 9.35. The van der Waals surface area contributed by atoms with Crippen molar-refractivity contribution in [1.29, 1.82) is 0 Å². The summed E-state index contributed by atoms with van der Waals surface area (Å²) in [5, 5.41) is 6.29. The Bertz CT molecular complexity index is 977. The molecule has 0 bridgehead atoms. The van der Waals surface area contributed by atoms with E-state index in [1.807, 2.05) is 54.6 Å². The summed E-state index contributed by atoms with van der Waals surface area (Å²) in [7, 11) is 0. The Balaban J connectivity index is 1.29. The minimum absolute atomic E-state index is 0.0550. The van der Waals surface area contributed by atoms with Crippen LogP contribution < -0.4 is 0 Å². The highest BCUT2D eigenvalue weighted by atomic mass is 16.2. The van der Waals surface area contributed by atoms with Gasteiger partial charge in [0.05, 0.1) is 35.8 Å². The number of nitrogens with zero attached hydrogens (tertiary/aromatic N) is 4. The van der Waals surface area contributed by atoms with Crippen molar-refractivity contribution in [1.82, 2.24) is 19.9 Å². The van der Waals surface area contributed by atoms with Crippen LogP contribution in [0.5, 0.6) is 0 Å². The number of hydrogen-bond acceptors (Lipinski definition) is 4. The van der Waals surface area contributed by atoms with Crippen molar-refractivity contribution in [2.75, 3.05) is 13.1 Å². The Morgan fingerprint density at radius 2 is 1.85 bits per heavy atom. The molecule has 1 unspecified atom stereocenters. The highest BCUT2D eigenvalue weighted by Crippen LogP contribution is 2.26. The van der Waals surface area contributed by atoms with Crippen molar-refractivity contribution in [2.45, 2.75) is 19.5 Å². The number of fused-ring (bicyclic) bond motifs is 2. The molecule has 1 amide bonds. The van der Waals surface area contributed by atoms with Crippen LogP contribution >= 0.6 is 0 Å². The van der Waals surface area contributed by atoms with E-state index in [-0.39, 0.29) is 11.8 Å². The SMILES string of the molecule is O=C1C2CCN(Cc3nc4ccccc4[nH]3)CC2=NN1Cc1ccccc1. The molecule has 27 heavy (non-hydrogen) atoms. The summed E-state index contributed by atoms with van der Waals surface area (Å²) >= 11 is 0. The van der Waals surface area contributed by atoms with E-state index in [0.29, 0.717) is 6.54 Å². The van der Waals surface area contributed by atoms with Gasteiger partial charge in [0.25, 0.3) is 5.91 Å². The van der Waals surface area contributed by atoms with Gasteiger partial charge in [-0.2, -0.15) is 5.10 Å². The van der Waals surface area contributed by atoms with Crippen molar-refractivity contribution in [3.63, 3.8) is 0 Å². The Hall–Kier alpha value is -2.99. The van der Waals surface area contributed by atoms with Crippen molar-refractivity contribution in [3.05, 3.63) is 66.0 Å². The van der Waals surface area contributed by atoms with Gasteiger partial charge in [0.1, 0.15) is 5.82 Å². The molecule has 6 heteroatoms. The lowest BCUT2D eigenvalue weighted by atomic mass is 9.95. The number of benzene rings is 2. The number of hydrazone groups is 1. The fourth-order valence-corrected chi connectivity index (χ4v) is 3.95. The summed E-state index contributed by atoms with van der Waals surface area (Å²) in [6, 6.07) is 18.1. The number of aromatic amines is 1. The molecule has 136 valence electrons. The van der Waals surface area contributed by atoms with Gasteiger partial charge in [-0.05, 0) is 24.1 Å². The Labute approximate surface area is 157 Å². The van der Waals surface area contributed by atoms with Crippen LogP contribution in [0.25, 0.3) is 11.0 Å². The lowest BCUT2D eigenvalue weighted by molar-refractivity contribution is -0.132. The summed E-state index contributed by atoms with van der Waals surface area (Å²) in [6.45, 7) is 2.89. The number of imidazole rings is 1. The monoisotopic (exact) mass is 359 g/mol. The van der Waals surface area contributed by atoms with Gasteiger partial charge in [-0.1, -0.05) is 42.5 Å². The number of likely N-dealkylation sites (tertiary alicyclic amines) is 1. The maximum atomic E-state index is 12.7. The molecule has 0 saturated carbocycles. The molecule has 2 aliphatic rings. The van der Waals surface area contributed by atoms with Gasteiger partial charge < -0.3 is 4.98 Å². The maximum absolute atomic E-state index is 12.7. The van der Waals surface area contributed by atoms with Crippen LogP contribution in [0, 0.1) is 5.92 Å². The molecular formula is C21H21N5O. The zero-order valence-corrected chi connectivity index (χ0v) is 15.0. The van der Waals surface area contributed by atoms with E-state index in [2.05, 4.69) is 20.0 Å². The third-order valence-corrected chi connectivity index (χ3v) is 5.31. The second-order valence-corrected chi connectivity index (χ2v) is 7.23. The Morgan fingerprint density at radius 3 is 2.70 bits per heavy atom. The number of rotatable bonds is 4. The zero-order chi connectivity index (χ0) is 18.2. The van der Waals surface area contributed by atoms with Crippen molar-refractivity contribution >= 4 is 22.7 Å². The van der Waals surface area contributed by atoms with E-state index in [9.17, 15) is 4.79 Å². The fourth-order valence-electron chi connectivity index (χ4n) is 3.95. The van der Waals surface area contributed by atoms with Crippen LogP contribution in [0.3, 0.4) is 0 Å². The molecular weight excluding hydrogens is 338 g/mol. The van der Waals surface area contributed by atoms with E-state index in [4.69, 9.17) is 0 Å². The van der Waals surface area contributed by atoms with Crippen LogP contribution in [0.1, 0.15) is 17.8 Å². The fraction of sp³-hybridized carbons (Fsp3) is 0.286. The number of carbonyl (C=O) groups is 1. The van der Waals surface area contributed by atoms with Crippen LogP contribution in [-0.4, -0.2) is 44.6 Å². The lowest BCUT2D eigenvalue weighted by Crippen LogP contribution is -2.41. The van der Waals surface area contributed by atoms with Gasteiger partial charge in [0, 0.05) is 13.1 Å². The average molecular weight is 359 g/mol. The van der Waals surface area contributed by atoms with E-state index in [1.54, 1.807) is 5.01 Å². The van der Waals surface area contributed by atoms with Gasteiger partial charge in [-0.15, -0.1) is 0 Å². The normalized spacial score (nSPS) is 20.1. The first-order chi connectivity index (χ1) is 13.3. The molecule has 1 N–H and O–H groups in total. The second-order valence-electron chi connectivity index (χ2n) is 7.23. The van der Waals surface area contributed by atoms with Gasteiger partial charge >= 0.3 is 0 Å². The molecule has 6 nitrogen and oxygen atoms in total. The molecule has 0 aliphatic carbocycles. The molecule has 2 aromatic carbocycles. The molecule has 5 rings (SSSR count). The van der Waals surface area contributed by atoms with Crippen molar-refractivity contribution in [2.24, 2.45) is 11.0 Å². The first kappa shape index (κ1) is 16.2. The third kappa shape index (κ3) is 3.13. The first-order valence-corrected chi connectivity index (χ1v) is 9.35. The molecule has 3 aromatic rings. The zero-order valence-electron chi connectivity index (χ0n) is 15.0. The predicted octanol–water partition coefficient (Wildman–Crippen LogP) is 2.78. The Kier molecular flexibility index (Phi) is 3.98. The minimum Gasteiger partial charge on any atom is -0.341 e. The quantitative estimate of drug-likeness (QED) is 0.779. The van der Waals surface area contributed by atoms with Crippen molar-refractivity contribution in [3.8, 4) is 0 Å². The highest BCUT2D eigenvalue weighted by Gasteiger charge is 2.39. The molecule has 2 aliphatic heterocycles. The second kappa shape index (κ2) is 6.63. The third-order valence-electron chi connectivity index (χ3n) is 5.31. The molecule has 1 atom stereocenters. The summed E-state index contributed by atoms with van der Waals surface area (Å²) in [6.07, 6.45) is 0.823. The molecule has 0 spiro atoms. The van der Waals surface area contributed by atoms with Crippen LogP contribution in [0.15, 0.2) is 59.7 Å². The number of amides is 1. The maximum Gasteiger partial charge on any atom is 0.251 e. The van der Waals surface area contributed by atoms with Gasteiger partial charge in [-0.3, -0.25) is 9.69 Å². The van der Waals surface area contributed by atoms with E-state index in [0.717, 1.165) is 54.2 Å². The van der Waals surface area contributed by atoms with Gasteiger partial charge in [0.15, 0.2) is 0 Å². The summed E-state index contributed by atoms with van der Waals surface area (Å²) in [5.41, 5.74) is 4.14. The average Bonchev–Trinajstić information content (AvgIpc) is 3.23. The number of H-pyrrole nitrogens is 1. The molecule has 1 aromatic heterocycles. The summed E-state index contributed by atoms with van der Waals surface area (Å²) in [5.74, 6) is 1.04. The molecule has 1 saturated heterocycles. The smallest absolute Gasteiger partial charge is 0.251 e. The topological polar surface area (TPSA) is 64.6 Å². The number of hydrogen-bond donors (Lipinski definition) is 1. The van der Waals surface area contributed by atoms with Crippen LogP contribution in [-0.2, 0) is 17.9 Å².